The Balaban J connectivity index is 0.000000185. The fraction of sp³-hybridized carbons (Fsp3) is 0.507. The zero-order valence-corrected chi connectivity index (χ0v) is 57.2. The molecule has 4 aliphatic heterocycles. The largest absolute Gasteiger partial charge is 0.497 e. The molecule has 510 valence electrons. The molecule has 0 spiro atoms. The van der Waals surface area contributed by atoms with E-state index in [1.807, 2.05) is 83.6 Å². The molecule has 0 radical (unpaired) electrons. The molecule has 0 bridgehead atoms. The third-order valence-electron chi connectivity index (χ3n) is 19.0. The van der Waals surface area contributed by atoms with Crippen LogP contribution in [0.2, 0.25) is 0 Å². The van der Waals surface area contributed by atoms with Crippen LogP contribution in [0, 0.1) is 11.8 Å². The van der Waals surface area contributed by atoms with Gasteiger partial charge in [-0.15, -0.1) is 22.7 Å². The van der Waals surface area contributed by atoms with Crippen molar-refractivity contribution in [3.63, 3.8) is 0 Å². The number of hydrogen-bond donors (Lipinski definition) is 6. The van der Waals surface area contributed by atoms with Crippen molar-refractivity contribution in [3.8, 4) is 44.4 Å². The summed E-state index contributed by atoms with van der Waals surface area (Å²) in [5.74, 6) is -0.563. The molecule has 0 unspecified atom stereocenters. The van der Waals surface area contributed by atoms with E-state index < -0.39 is 80.4 Å². The van der Waals surface area contributed by atoms with Crippen molar-refractivity contribution in [2.75, 3.05) is 40.4 Å². The number of benzene rings is 2. The molecule has 2 saturated heterocycles. The number of hydrogen-bond acceptors (Lipinski definition) is 18. The van der Waals surface area contributed by atoms with E-state index in [4.69, 9.17) is 38.9 Å². The van der Waals surface area contributed by atoms with Crippen molar-refractivity contribution >= 4 is 90.3 Å². The van der Waals surface area contributed by atoms with E-state index in [1.165, 1.54) is 32.5 Å². The Hall–Kier alpha value is -8.43. The third kappa shape index (κ3) is 14.8. The summed E-state index contributed by atoms with van der Waals surface area (Å²) >= 11 is 3.01. The first-order valence-corrected chi connectivity index (χ1v) is 36.5. The average Bonchev–Trinajstić information content (AvgIpc) is 1.56. The number of urea groups is 2. The molecule has 24 nitrogen and oxygen atoms in total. The van der Waals surface area contributed by atoms with Gasteiger partial charge in [0.2, 0.25) is 21.8 Å². The summed E-state index contributed by atoms with van der Waals surface area (Å²) in [4.78, 5) is 103. The second kappa shape index (κ2) is 28.3. The van der Waals surface area contributed by atoms with E-state index in [-0.39, 0.29) is 62.1 Å². The smallest absolute Gasteiger partial charge is 0.330 e. The Morgan fingerprint density at radius 3 is 1.53 bits per heavy atom. The molecule has 3 aliphatic carbocycles. The first kappa shape index (κ1) is 67.5. The number of methoxy groups -OCH3 is 2. The van der Waals surface area contributed by atoms with Gasteiger partial charge in [0.05, 0.1) is 55.0 Å². The molecule has 13 rings (SSSR count). The Morgan fingerprint density at radius 1 is 0.635 bits per heavy atom. The van der Waals surface area contributed by atoms with Crippen LogP contribution >= 0.6 is 22.7 Å². The zero-order chi connectivity index (χ0) is 67.6. The van der Waals surface area contributed by atoms with Crippen LogP contribution in [0.15, 0.2) is 83.6 Å². The molecule has 8 heterocycles. The van der Waals surface area contributed by atoms with Crippen molar-refractivity contribution in [1.82, 2.24) is 55.7 Å². The molecule has 4 aromatic heterocycles. The topological polar surface area (TPSA) is 312 Å². The van der Waals surface area contributed by atoms with Crippen molar-refractivity contribution in [3.05, 3.63) is 95.0 Å². The maximum Gasteiger partial charge on any atom is 0.330 e. The van der Waals surface area contributed by atoms with Crippen LogP contribution in [0.25, 0.3) is 43.2 Å². The first-order valence-electron chi connectivity index (χ1n) is 33.2. The van der Waals surface area contributed by atoms with E-state index >= 15 is 0 Å². The number of aromatic nitrogens is 4. The van der Waals surface area contributed by atoms with Crippen LogP contribution in [0.5, 0.6) is 23.0 Å². The average molecular weight is 1370 g/mol. The summed E-state index contributed by atoms with van der Waals surface area (Å²) in [7, 11) is -0.645. The fourth-order valence-electron chi connectivity index (χ4n) is 12.9. The summed E-state index contributed by atoms with van der Waals surface area (Å²) in [6.45, 7) is 9.58. The number of carbonyl (C=O) groups is 6. The van der Waals surface area contributed by atoms with Gasteiger partial charge in [-0.2, -0.15) is 0 Å². The number of allylic oxidation sites excluding steroid dienone is 2. The molecule has 7 aliphatic rings. The maximum atomic E-state index is 14.1. The predicted molar refractivity (Wildman–Crippen MR) is 364 cm³/mol. The lowest BCUT2D eigenvalue weighted by atomic mass is 10.1. The van der Waals surface area contributed by atoms with Crippen molar-refractivity contribution < 1.29 is 61.2 Å². The van der Waals surface area contributed by atoms with E-state index in [0.717, 1.165) is 83.5 Å². The summed E-state index contributed by atoms with van der Waals surface area (Å²) < 4.78 is 51.9. The molecule has 5 fully saturated rings. The SMILES string of the molecule is COc1ccc2c(O[C@@H]3C[C@H]4C(=O)N[C@]5(C(=O)NS(=O)(=O)C6CC6)C[C@H]5/C=C\CCCCCNC(=O)N4C3)cc(-c3nc(C(C)C)cs3)nc2c1.COc1ccc2c(O[C@@H]3C[C@H]4C(=O)N[C@]5(C(=O)O)C[C@H]5/C=C\CCCCCNC(=O)N4C3)cc(-c3nc(C(C)C)cs3)nc2c1. The standard InChI is InChI=1S/C36H44N6O7S2.C33H39N5O6S/c1-21(2)29-20-50-33(39-29)28-17-31(26-13-10-23(48-3)15-27(26)38-28)49-24-16-30-32(43)40-36(34(44)41-51(46,47)25-11-12-25)18-22(36)9-7-5-4-6-8-14-37-35(45)42(30)19-24;1-19(2)26-18-45-30(36-26)25-15-28(23-11-10-21(43-3)13-24(23)35-25)44-22-14-27-29(39)37-33(31(40)41)16-20(33)9-7-5-4-6-8-12-34-32(42)38(27)17-22/h7,9-10,13,15,17,20-22,24-25,30H,4-6,8,11-12,14,16,18-19H2,1-3H3,(H,37,45)(H,40,43)(H,41,44);7,9-11,13,15,18-20,22,27H,4-6,8,12,14,16-17H2,1-3H3,(H,34,42)(H,37,39)(H,40,41)/b2*9-7-/t22-,24-,30+,36-;20-,22-,27+,33-/m11/s1. The number of carbonyl (C=O) groups excluding carboxylic acids is 5. The number of sulfonamides is 1. The molecule has 6 N–H and O–H groups in total. The second-order valence-electron chi connectivity index (χ2n) is 26.6. The molecule has 3 saturated carbocycles. The number of nitrogens with one attached hydrogen (secondary N) is 5. The van der Waals surface area contributed by atoms with E-state index in [1.54, 1.807) is 14.2 Å². The van der Waals surface area contributed by atoms with Crippen molar-refractivity contribution in [1.29, 1.82) is 0 Å². The molecule has 6 aromatic rings. The lowest BCUT2D eigenvalue weighted by molar-refractivity contribution is -0.144. The number of ether oxygens (including phenoxy) is 4. The molecule has 27 heteroatoms. The van der Waals surface area contributed by atoms with Crippen LogP contribution in [-0.4, -0.2) is 160 Å². The Kier molecular flexibility index (Phi) is 19.9. The highest BCUT2D eigenvalue weighted by Crippen LogP contribution is 2.48. The fourth-order valence-corrected chi connectivity index (χ4v) is 16.2. The highest BCUT2D eigenvalue weighted by atomic mass is 32.2. The quantitative estimate of drug-likeness (QED) is 0.0553. The molecular weight excluding hydrogens is 1290 g/mol. The number of carboxylic acids is 1. The Bertz CT molecular complexity index is 4130. The molecule has 7 amide bonds. The molecule has 96 heavy (non-hydrogen) atoms. The number of nitrogens with zero attached hydrogens (tertiary/aromatic N) is 6. The van der Waals surface area contributed by atoms with Crippen LogP contribution in [0.3, 0.4) is 0 Å². The van der Waals surface area contributed by atoms with Gasteiger partial charge in [-0.1, -0.05) is 64.8 Å². The Morgan fingerprint density at radius 2 is 1.09 bits per heavy atom. The first-order chi connectivity index (χ1) is 46.1. The van der Waals surface area contributed by atoms with Crippen LogP contribution < -0.4 is 44.9 Å². The van der Waals surface area contributed by atoms with Crippen molar-refractivity contribution in [2.24, 2.45) is 11.8 Å². The minimum Gasteiger partial charge on any atom is -0.497 e. The lowest BCUT2D eigenvalue weighted by Gasteiger charge is -2.26. The minimum absolute atomic E-state index is 0.118. The van der Waals surface area contributed by atoms with Gasteiger partial charge < -0.3 is 55.1 Å². The number of thiazole rings is 2. The highest BCUT2D eigenvalue weighted by Gasteiger charge is 2.63. The summed E-state index contributed by atoms with van der Waals surface area (Å²) in [6, 6.07) is 12.2. The Labute approximate surface area is 565 Å². The maximum absolute atomic E-state index is 14.1. The van der Waals surface area contributed by atoms with E-state index in [2.05, 4.69) is 53.7 Å². The summed E-state index contributed by atoms with van der Waals surface area (Å²) in [5, 5.41) is 28.1. The van der Waals surface area contributed by atoms with Crippen LogP contribution in [0.4, 0.5) is 9.59 Å². The van der Waals surface area contributed by atoms with Gasteiger partial charge in [0.25, 0.3) is 5.91 Å². The number of carboxylic acid groups (broad SMARTS) is 1. The number of pyridine rings is 2. The predicted octanol–water partition coefficient (Wildman–Crippen LogP) is 9.75. The normalized spacial score (nSPS) is 26.2. The number of amides is 7. The molecular formula is C69H83N11O13S3. The minimum atomic E-state index is -3.84. The van der Waals surface area contributed by atoms with Crippen LogP contribution in [-0.2, 0) is 29.2 Å². The number of fused-ring (bicyclic) bond motifs is 6. The van der Waals surface area contributed by atoms with Gasteiger partial charge >= 0.3 is 18.0 Å². The monoisotopic (exact) mass is 1370 g/mol. The third-order valence-corrected chi connectivity index (χ3v) is 22.5. The molecule has 2 aromatic carbocycles. The summed E-state index contributed by atoms with van der Waals surface area (Å²) in [6.07, 6.45) is 15.6. The van der Waals surface area contributed by atoms with Gasteiger partial charge in [-0.05, 0) is 100 Å². The van der Waals surface area contributed by atoms with Gasteiger partial charge in [0, 0.05) is 83.6 Å². The highest BCUT2D eigenvalue weighted by molar-refractivity contribution is 7.91. The zero-order valence-electron chi connectivity index (χ0n) is 54.8. The van der Waals surface area contributed by atoms with E-state index in [9.17, 15) is 42.3 Å². The van der Waals surface area contributed by atoms with Crippen molar-refractivity contribution in [2.45, 2.75) is 170 Å². The lowest BCUT2D eigenvalue weighted by Crippen LogP contribution is -2.57. The van der Waals surface area contributed by atoms with Gasteiger partial charge in [0.15, 0.2) is 0 Å². The van der Waals surface area contributed by atoms with Crippen LogP contribution in [0.1, 0.15) is 141 Å². The van der Waals surface area contributed by atoms with Gasteiger partial charge in [0.1, 0.15) is 79.8 Å². The van der Waals surface area contributed by atoms with Gasteiger partial charge in [-0.25, -0.2) is 42.7 Å². The summed E-state index contributed by atoms with van der Waals surface area (Å²) in [5.41, 5.74) is 1.77. The second-order valence-corrected chi connectivity index (χ2v) is 30.2. The number of rotatable bonds is 14. The van der Waals surface area contributed by atoms with Gasteiger partial charge in [-0.3, -0.25) is 19.1 Å². The molecule has 8 atom stereocenters. The van der Waals surface area contributed by atoms with E-state index in [0.29, 0.717) is 77.8 Å². The number of aliphatic carboxylic acids is 1.